The third kappa shape index (κ3) is 2.66. The monoisotopic (exact) mass is 282 g/mol. The zero-order valence-corrected chi connectivity index (χ0v) is 11.2. The van der Waals surface area contributed by atoms with Gasteiger partial charge in [-0.1, -0.05) is 6.07 Å². The predicted octanol–water partition coefficient (Wildman–Crippen LogP) is 0.878. The van der Waals surface area contributed by atoms with E-state index >= 15 is 0 Å². The second-order valence-corrected chi connectivity index (χ2v) is 4.51. The summed E-state index contributed by atoms with van der Waals surface area (Å²) < 4.78 is 1.93. The normalized spacial score (nSPS) is 10.7. The fourth-order valence-corrected chi connectivity index (χ4v) is 2.12. The first kappa shape index (κ1) is 13.0. The number of nitrogens with two attached hydrogens (primary N) is 1. The highest BCUT2D eigenvalue weighted by Crippen LogP contribution is 2.12. The Labute approximate surface area is 120 Å². The molecule has 7 heteroatoms. The van der Waals surface area contributed by atoms with Crippen LogP contribution in [0.25, 0.3) is 5.65 Å². The van der Waals surface area contributed by atoms with Crippen LogP contribution in [0.5, 0.6) is 0 Å². The molecule has 1 amide bonds. The summed E-state index contributed by atoms with van der Waals surface area (Å²) in [7, 11) is 0. The molecular formula is C14H14N6O. The van der Waals surface area contributed by atoms with Crippen molar-refractivity contribution in [3.05, 3.63) is 54.2 Å². The second-order valence-electron chi connectivity index (χ2n) is 4.51. The third-order valence-corrected chi connectivity index (χ3v) is 3.13. The number of carbonyl (C=O) groups excluding carboxylic acids is 1. The number of nitrogens with one attached hydrogen (secondary N) is 1. The first-order chi connectivity index (χ1) is 10.3. The summed E-state index contributed by atoms with van der Waals surface area (Å²) >= 11 is 0. The molecular weight excluding hydrogens is 268 g/mol. The lowest BCUT2D eigenvalue weighted by molar-refractivity contribution is 0.100. The lowest BCUT2D eigenvalue weighted by Crippen LogP contribution is -2.16. The van der Waals surface area contributed by atoms with E-state index in [-0.39, 0.29) is 0 Å². The Hall–Kier alpha value is -2.96. The summed E-state index contributed by atoms with van der Waals surface area (Å²) in [6, 6.07) is 7.48. The number of nitrogens with zero attached hydrogens (tertiary/aromatic N) is 4. The molecule has 106 valence electrons. The van der Waals surface area contributed by atoms with Crippen LogP contribution in [0.4, 0.5) is 5.69 Å². The maximum atomic E-state index is 11.3. The fraction of sp³-hybridized carbons (Fsp3) is 0.143. The van der Waals surface area contributed by atoms with E-state index in [1.54, 1.807) is 12.3 Å². The highest BCUT2D eigenvalue weighted by molar-refractivity contribution is 5.98. The zero-order chi connectivity index (χ0) is 14.7. The molecule has 0 aliphatic heterocycles. The lowest BCUT2D eigenvalue weighted by atomic mass is 10.2. The molecule has 0 spiro atoms. The van der Waals surface area contributed by atoms with Gasteiger partial charge in [-0.2, -0.15) is 0 Å². The van der Waals surface area contributed by atoms with Crippen molar-refractivity contribution >= 4 is 17.2 Å². The highest BCUT2D eigenvalue weighted by atomic mass is 16.1. The Morgan fingerprint density at radius 1 is 1.29 bits per heavy atom. The lowest BCUT2D eigenvalue weighted by Gasteiger charge is -2.08. The quantitative estimate of drug-likeness (QED) is 0.723. The van der Waals surface area contributed by atoms with Gasteiger partial charge in [0.05, 0.1) is 11.3 Å². The average Bonchev–Trinajstić information content (AvgIpc) is 2.91. The molecule has 0 aromatic carbocycles. The molecule has 21 heavy (non-hydrogen) atoms. The van der Waals surface area contributed by atoms with E-state index in [2.05, 4.69) is 20.5 Å². The van der Waals surface area contributed by atoms with E-state index in [0.717, 1.165) is 11.5 Å². The maximum Gasteiger partial charge on any atom is 0.252 e. The van der Waals surface area contributed by atoms with Gasteiger partial charge in [-0.25, -0.2) is 0 Å². The van der Waals surface area contributed by atoms with Crippen LogP contribution in [0.15, 0.2) is 42.9 Å². The summed E-state index contributed by atoms with van der Waals surface area (Å²) in [5.41, 5.74) is 7.17. The zero-order valence-electron chi connectivity index (χ0n) is 11.2. The Morgan fingerprint density at radius 3 is 3.05 bits per heavy atom. The largest absolute Gasteiger partial charge is 0.384 e. The van der Waals surface area contributed by atoms with Gasteiger partial charge in [-0.15, -0.1) is 10.2 Å². The van der Waals surface area contributed by atoms with E-state index in [0.29, 0.717) is 24.2 Å². The summed E-state index contributed by atoms with van der Waals surface area (Å²) in [4.78, 5) is 15.2. The summed E-state index contributed by atoms with van der Waals surface area (Å²) in [6.07, 6.45) is 5.66. The molecule has 3 aromatic heterocycles. The van der Waals surface area contributed by atoms with Crippen molar-refractivity contribution in [1.82, 2.24) is 19.6 Å². The van der Waals surface area contributed by atoms with E-state index in [1.165, 1.54) is 6.20 Å². The molecule has 3 heterocycles. The Kier molecular flexibility index (Phi) is 3.46. The van der Waals surface area contributed by atoms with Crippen LogP contribution < -0.4 is 11.1 Å². The Balaban J connectivity index is 1.71. The van der Waals surface area contributed by atoms with Gasteiger partial charge in [0.1, 0.15) is 5.82 Å². The molecule has 0 fully saturated rings. The molecule has 3 aromatic rings. The van der Waals surface area contributed by atoms with Gasteiger partial charge in [-0.05, 0) is 18.2 Å². The van der Waals surface area contributed by atoms with Crippen molar-refractivity contribution in [2.24, 2.45) is 5.73 Å². The molecule has 0 unspecified atom stereocenters. The van der Waals surface area contributed by atoms with Gasteiger partial charge in [0.2, 0.25) is 0 Å². The first-order valence-corrected chi connectivity index (χ1v) is 6.52. The minimum absolute atomic E-state index is 0.378. The topological polar surface area (TPSA) is 98.2 Å². The predicted molar refractivity (Wildman–Crippen MR) is 77.9 cm³/mol. The molecule has 3 N–H and O–H groups in total. The number of rotatable bonds is 5. The van der Waals surface area contributed by atoms with Crippen LogP contribution in [0.1, 0.15) is 16.2 Å². The smallest absolute Gasteiger partial charge is 0.252 e. The Bertz CT molecular complexity index is 782. The molecule has 0 saturated carbocycles. The molecule has 3 rings (SSSR count). The van der Waals surface area contributed by atoms with Gasteiger partial charge in [0.15, 0.2) is 5.65 Å². The van der Waals surface area contributed by atoms with Gasteiger partial charge < -0.3 is 11.1 Å². The van der Waals surface area contributed by atoms with Crippen LogP contribution in [0.3, 0.4) is 0 Å². The first-order valence-electron chi connectivity index (χ1n) is 6.52. The molecule has 0 saturated heterocycles. The maximum absolute atomic E-state index is 11.3. The van der Waals surface area contributed by atoms with Crippen LogP contribution in [-0.2, 0) is 6.42 Å². The number of fused-ring (bicyclic) bond motifs is 1. The summed E-state index contributed by atoms with van der Waals surface area (Å²) in [6.45, 7) is 0.611. The number of hydrogen-bond acceptors (Lipinski definition) is 5. The number of amides is 1. The highest BCUT2D eigenvalue weighted by Gasteiger charge is 2.08. The van der Waals surface area contributed by atoms with Crippen LogP contribution in [-0.4, -0.2) is 32.0 Å². The number of pyridine rings is 2. The number of primary amides is 1. The minimum atomic E-state index is -0.501. The van der Waals surface area contributed by atoms with Gasteiger partial charge in [-0.3, -0.25) is 14.2 Å². The van der Waals surface area contributed by atoms with Crippen molar-refractivity contribution in [3.8, 4) is 0 Å². The SMILES string of the molecule is NC(=O)c1cnccc1NCCc1nnc2ccccn12. The molecule has 0 radical (unpaired) electrons. The fourth-order valence-electron chi connectivity index (χ4n) is 2.12. The number of aromatic nitrogens is 4. The van der Waals surface area contributed by atoms with Crippen molar-refractivity contribution in [3.63, 3.8) is 0 Å². The van der Waals surface area contributed by atoms with Gasteiger partial charge in [0, 0.05) is 31.6 Å². The van der Waals surface area contributed by atoms with Crippen molar-refractivity contribution < 1.29 is 4.79 Å². The standard InChI is InChI=1S/C14H14N6O/c15-14(21)10-9-16-6-4-11(10)17-7-5-13-19-18-12-3-1-2-8-20(12)13/h1-4,6,8-9H,5,7H2,(H2,15,21)(H,16,17). The van der Waals surface area contributed by atoms with E-state index < -0.39 is 5.91 Å². The molecule has 0 aliphatic rings. The second kappa shape index (κ2) is 5.58. The summed E-state index contributed by atoms with van der Waals surface area (Å²) in [5, 5.41) is 11.4. The van der Waals surface area contributed by atoms with Crippen molar-refractivity contribution in [2.45, 2.75) is 6.42 Å². The van der Waals surface area contributed by atoms with Crippen molar-refractivity contribution in [1.29, 1.82) is 0 Å². The molecule has 0 aliphatic carbocycles. The minimum Gasteiger partial charge on any atom is -0.384 e. The van der Waals surface area contributed by atoms with Crippen molar-refractivity contribution in [2.75, 3.05) is 11.9 Å². The molecule has 0 atom stereocenters. The third-order valence-electron chi connectivity index (χ3n) is 3.13. The Morgan fingerprint density at radius 2 is 2.19 bits per heavy atom. The van der Waals surface area contributed by atoms with E-state index in [1.807, 2.05) is 28.8 Å². The molecule has 0 bridgehead atoms. The number of hydrogen-bond donors (Lipinski definition) is 2. The van der Waals surface area contributed by atoms with E-state index in [4.69, 9.17) is 5.73 Å². The van der Waals surface area contributed by atoms with Crippen LogP contribution >= 0.6 is 0 Å². The average molecular weight is 282 g/mol. The molecule has 7 nitrogen and oxygen atoms in total. The number of carbonyl (C=O) groups is 1. The van der Waals surface area contributed by atoms with Crippen LogP contribution in [0, 0.1) is 0 Å². The van der Waals surface area contributed by atoms with Gasteiger partial charge >= 0.3 is 0 Å². The van der Waals surface area contributed by atoms with Crippen LogP contribution in [0.2, 0.25) is 0 Å². The van der Waals surface area contributed by atoms with Gasteiger partial charge in [0.25, 0.3) is 5.91 Å². The van der Waals surface area contributed by atoms with E-state index in [9.17, 15) is 4.79 Å². The summed E-state index contributed by atoms with van der Waals surface area (Å²) in [5.74, 6) is 0.353. The number of anilines is 1.